The third-order valence-corrected chi connectivity index (χ3v) is 4.77. The second-order valence-electron chi connectivity index (χ2n) is 5.74. The number of fused-ring (bicyclic) bond motifs is 1. The molecule has 2 aromatic carbocycles. The van der Waals surface area contributed by atoms with Crippen LogP contribution in [0, 0.1) is 0 Å². The van der Waals surface area contributed by atoms with E-state index in [2.05, 4.69) is 4.18 Å². The fraction of sp³-hybridized carbons (Fsp3) is 0.375. The molecule has 0 aromatic heterocycles. The lowest BCUT2D eigenvalue weighted by atomic mass is 10.1. The number of halogens is 9. The van der Waals surface area contributed by atoms with Crippen LogP contribution in [0.25, 0.3) is 10.8 Å². The van der Waals surface area contributed by atoms with Crippen LogP contribution in [-0.4, -0.2) is 49.3 Å². The molecule has 0 atom stereocenters. The molecule has 0 aliphatic heterocycles. The summed E-state index contributed by atoms with van der Waals surface area (Å²) < 4.78 is 143. The Labute approximate surface area is 174 Å². The van der Waals surface area contributed by atoms with E-state index in [1.807, 2.05) is 12.5 Å². The van der Waals surface area contributed by atoms with E-state index in [4.69, 9.17) is 0 Å². The third kappa shape index (κ3) is 4.76. The predicted molar refractivity (Wildman–Crippen MR) is 95.5 cm³/mol. The molecule has 0 unspecified atom stereocenters. The van der Waals surface area contributed by atoms with Gasteiger partial charge in [0.25, 0.3) is 0 Å². The maximum Gasteiger partial charge on any atom is 0.460 e. The van der Waals surface area contributed by atoms with Crippen LogP contribution in [0.2, 0.25) is 0 Å². The minimum absolute atomic E-state index is 0.203. The third-order valence-electron chi connectivity index (χ3n) is 3.49. The molecule has 4 nitrogen and oxygen atoms in total. The summed E-state index contributed by atoms with van der Waals surface area (Å²) in [5.74, 6) is -16.4. The normalized spacial score (nSPS) is 13.5. The molecular formula is C16H13F9O4S2. The first-order valence-electron chi connectivity index (χ1n) is 7.64. The fourth-order valence-corrected chi connectivity index (χ4v) is 2.95. The molecule has 0 heterocycles. The molecule has 1 N–H and O–H groups in total. The minimum atomic E-state index is -7.40. The lowest BCUT2D eigenvalue weighted by Gasteiger charge is -2.32. The van der Waals surface area contributed by atoms with Crippen molar-refractivity contribution in [3.05, 3.63) is 36.4 Å². The number of alkyl halides is 9. The first kappa shape index (κ1) is 27.0. The molecule has 0 spiro atoms. The summed E-state index contributed by atoms with van der Waals surface area (Å²) in [4.78, 5) is 0. The highest BCUT2D eigenvalue weighted by Gasteiger charge is 2.86. The molecule has 0 radical (unpaired) electrons. The molecule has 15 heteroatoms. The summed E-state index contributed by atoms with van der Waals surface area (Å²) in [5, 5.41) is 1.98. The quantitative estimate of drug-likeness (QED) is 0.421. The van der Waals surface area contributed by atoms with Crippen molar-refractivity contribution in [2.45, 2.75) is 23.3 Å². The van der Waals surface area contributed by atoms with Gasteiger partial charge in [-0.1, -0.05) is 24.3 Å². The van der Waals surface area contributed by atoms with Crippen LogP contribution in [-0.2, 0) is 10.1 Å². The highest BCUT2D eigenvalue weighted by Crippen LogP contribution is 2.55. The Balaban J connectivity index is 0.00000151. The average Bonchev–Trinajstić information content (AvgIpc) is 2.63. The monoisotopic (exact) mass is 504 g/mol. The van der Waals surface area contributed by atoms with E-state index in [9.17, 15) is 53.0 Å². The minimum Gasteiger partial charge on any atom is -0.507 e. The standard InChI is InChI=1S/C14H7F9O4S.C2H6S/c15-11(16,13(19,20)21)12(17,18)14(22,23)28(25,26)27-10-6-5-9(24)7-3-1-2-4-8(7)10;1-3-2/h1-6,24H;1-2H3. The lowest BCUT2D eigenvalue weighted by Crippen LogP contribution is -2.63. The average molecular weight is 504 g/mol. The summed E-state index contributed by atoms with van der Waals surface area (Å²) >= 11 is 1.75. The van der Waals surface area contributed by atoms with E-state index in [0.717, 1.165) is 12.1 Å². The Kier molecular flexibility index (Phi) is 7.70. The molecule has 2 aromatic rings. The fourth-order valence-electron chi connectivity index (χ4n) is 2.02. The van der Waals surface area contributed by atoms with Crippen LogP contribution < -0.4 is 4.18 Å². The Morgan fingerprint density at radius 2 is 1.26 bits per heavy atom. The van der Waals surface area contributed by atoms with Gasteiger partial charge in [-0.3, -0.25) is 0 Å². The van der Waals surface area contributed by atoms with Crippen molar-refractivity contribution >= 4 is 32.7 Å². The number of phenolic OH excluding ortho intramolecular Hbond substituents is 1. The number of thioether (sulfide) groups is 1. The molecule has 0 aliphatic carbocycles. The summed E-state index contributed by atoms with van der Waals surface area (Å²) in [5.41, 5.74) is 0. The molecular weight excluding hydrogens is 491 g/mol. The molecule has 176 valence electrons. The van der Waals surface area contributed by atoms with Crippen molar-refractivity contribution in [3.63, 3.8) is 0 Å². The van der Waals surface area contributed by atoms with E-state index >= 15 is 0 Å². The Morgan fingerprint density at radius 1 is 0.806 bits per heavy atom. The highest BCUT2D eigenvalue weighted by molar-refractivity contribution is 7.97. The molecule has 0 fully saturated rings. The molecule has 31 heavy (non-hydrogen) atoms. The van der Waals surface area contributed by atoms with Gasteiger partial charge in [-0.05, 0) is 24.6 Å². The van der Waals surface area contributed by atoms with Gasteiger partial charge in [-0.2, -0.15) is 59.7 Å². The van der Waals surface area contributed by atoms with E-state index < -0.39 is 50.3 Å². The van der Waals surface area contributed by atoms with Gasteiger partial charge < -0.3 is 9.29 Å². The van der Waals surface area contributed by atoms with E-state index in [1.165, 1.54) is 12.1 Å². The van der Waals surface area contributed by atoms with Crippen molar-refractivity contribution in [1.82, 2.24) is 0 Å². The number of aromatic hydroxyl groups is 1. The maximum atomic E-state index is 13.7. The molecule has 0 amide bonds. The largest absolute Gasteiger partial charge is 0.507 e. The van der Waals surface area contributed by atoms with Gasteiger partial charge in [0.2, 0.25) is 0 Å². The highest BCUT2D eigenvalue weighted by atomic mass is 32.2. The Morgan fingerprint density at radius 3 is 1.71 bits per heavy atom. The van der Waals surface area contributed by atoms with Gasteiger partial charge in [0.15, 0.2) is 5.75 Å². The molecule has 0 aliphatic rings. The zero-order chi connectivity index (χ0) is 24.5. The Hall–Kier alpha value is -2.03. The topological polar surface area (TPSA) is 63.6 Å². The number of phenols is 1. The summed E-state index contributed by atoms with van der Waals surface area (Å²) in [7, 11) is -7.06. The van der Waals surface area contributed by atoms with Crippen LogP contribution in [0.4, 0.5) is 39.5 Å². The van der Waals surface area contributed by atoms with Crippen molar-refractivity contribution < 1.29 is 57.2 Å². The maximum absolute atomic E-state index is 13.7. The molecule has 0 saturated heterocycles. The van der Waals surface area contributed by atoms with Crippen LogP contribution in [0.15, 0.2) is 36.4 Å². The van der Waals surface area contributed by atoms with Crippen LogP contribution in [0.5, 0.6) is 11.5 Å². The summed E-state index contributed by atoms with van der Waals surface area (Å²) in [6.45, 7) is 0. The van der Waals surface area contributed by atoms with Crippen molar-refractivity contribution in [3.8, 4) is 11.5 Å². The van der Waals surface area contributed by atoms with E-state index in [-0.39, 0.29) is 5.39 Å². The second-order valence-corrected chi connectivity index (χ2v) is 8.14. The van der Waals surface area contributed by atoms with E-state index in [0.29, 0.717) is 12.1 Å². The summed E-state index contributed by atoms with van der Waals surface area (Å²) in [6, 6.07) is 5.83. The molecule has 0 bridgehead atoms. The summed E-state index contributed by atoms with van der Waals surface area (Å²) in [6.07, 6.45) is -3.10. The van der Waals surface area contributed by atoms with Crippen molar-refractivity contribution in [2.75, 3.05) is 12.5 Å². The number of hydrogen-bond donors (Lipinski definition) is 1. The van der Waals surface area contributed by atoms with Crippen molar-refractivity contribution in [2.24, 2.45) is 0 Å². The van der Waals surface area contributed by atoms with Gasteiger partial charge >= 0.3 is 33.4 Å². The van der Waals surface area contributed by atoms with Crippen LogP contribution in [0.3, 0.4) is 0 Å². The first-order chi connectivity index (χ1) is 13.9. The number of hydrogen-bond acceptors (Lipinski definition) is 5. The predicted octanol–water partition coefficient (Wildman–Crippen LogP) is 5.66. The molecule has 0 saturated carbocycles. The smallest absolute Gasteiger partial charge is 0.460 e. The first-order valence-corrected chi connectivity index (χ1v) is 10.7. The SMILES string of the molecule is CSC.O=S(=O)(Oc1ccc(O)c2ccccc12)C(F)(F)C(F)(F)C(F)(F)C(F)(F)F. The zero-order valence-electron chi connectivity index (χ0n) is 15.4. The second kappa shape index (κ2) is 8.84. The van der Waals surface area contributed by atoms with Crippen LogP contribution in [0.1, 0.15) is 0 Å². The Bertz CT molecular complexity index is 1020. The van der Waals surface area contributed by atoms with Crippen molar-refractivity contribution in [1.29, 1.82) is 0 Å². The van der Waals surface area contributed by atoms with E-state index in [1.54, 1.807) is 11.8 Å². The van der Waals surface area contributed by atoms with Crippen LogP contribution >= 0.6 is 11.8 Å². The van der Waals surface area contributed by atoms with Gasteiger partial charge in [-0.15, -0.1) is 0 Å². The number of benzene rings is 2. The molecule has 2 rings (SSSR count). The van der Waals surface area contributed by atoms with Gasteiger partial charge in [0, 0.05) is 10.8 Å². The lowest BCUT2D eigenvalue weighted by molar-refractivity contribution is -0.382. The number of rotatable bonds is 5. The zero-order valence-corrected chi connectivity index (χ0v) is 17.0. The van der Waals surface area contributed by atoms with Gasteiger partial charge in [0.05, 0.1) is 0 Å². The van der Waals surface area contributed by atoms with Gasteiger partial charge in [0.1, 0.15) is 5.75 Å². The van der Waals surface area contributed by atoms with Gasteiger partial charge in [-0.25, -0.2) is 0 Å².